The van der Waals surface area contributed by atoms with Crippen molar-refractivity contribution < 1.29 is 9.90 Å². The van der Waals surface area contributed by atoms with Crippen LogP contribution in [0.15, 0.2) is 11.6 Å². The fourth-order valence-electron chi connectivity index (χ4n) is 0.856. The van der Waals surface area contributed by atoms with Gasteiger partial charge in [-0.2, -0.15) is 0 Å². The van der Waals surface area contributed by atoms with E-state index in [0.717, 1.165) is 0 Å². The predicted molar refractivity (Wildman–Crippen MR) is 45.6 cm³/mol. The number of carbonyl (C=O) groups is 1. The molecule has 11 heavy (non-hydrogen) atoms. The van der Waals surface area contributed by atoms with Crippen molar-refractivity contribution in [2.45, 2.75) is 20.3 Å². The summed E-state index contributed by atoms with van der Waals surface area (Å²) in [6.07, 6.45) is 2.18. The molecule has 64 valence electrons. The second-order valence-corrected chi connectivity index (χ2v) is 3.04. The summed E-state index contributed by atoms with van der Waals surface area (Å²) < 4.78 is 0. The van der Waals surface area contributed by atoms with Gasteiger partial charge < -0.3 is 5.11 Å². The molecule has 0 rings (SSSR count). The van der Waals surface area contributed by atoms with Gasteiger partial charge in [-0.15, -0.1) is 0 Å². The molecule has 0 bridgehead atoms. The van der Waals surface area contributed by atoms with E-state index in [2.05, 4.69) is 0 Å². The van der Waals surface area contributed by atoms with E-state index in [1.54, 1.807) is 6.08 Å². The number of carboxylic acids is 1. The Morgan fingerprint density at radius 1 is 1.64 bits per heavy atom. The Morgan fingerprint density at radius 3 is 2.45 bits per heavy atom. The smallest absolute Gasteiger partial charge is 0.307 e. The van der Waals surface area contributed by atoms with Gasteiger partial charge in [-0.05, 0) is 12.3 Å². The topological polar surface area (TPSA) is 37.3 Å². The van der Waals surface area contributed by atoms with Gasteiger partial charge in [0.05, 0.1) is 5.92 Å². The third-order valence-electron chi connectivity index (χ3n) is 1.60. The minimum Gasteiger partial charge on any atom is -0.481 e. The van der Waals surface area contributed by atoms with E-state index in [-0.39, 0.29) is 11.8 Å². The van der Waals surface area contributed by atoms with Crippen molar-refractivity contribution in [2.75, 3.05) is 0 Å². The molecule has 0 aromatic rings. The van der Waals surface area contributed by atoms with E-state index < -0.39 is 5.97 Å². The zero-order valence-electron chi connectivity index (χ0n) is 6.75. The van der Waals surface area contributed by atoms with Crippen molar-refractivity contribution in [1.29, 1.82) is 0 Å². The molecule has 0 aliphatic rings. The highest BCUT2D eigenvalue weighted by Crippen LogP contribution is 2.15. The molecule has 1 atom stereocenters. The van der Waals surface area contributed by atoms with Crippen LogP contribution in [0.1, 0.15) is 20.3 Å². The largest absolute Gasteiger partial charge is 0.481 e. The van der Waals surface area contributed by atoms with Gasteiger partial charge in [0.25, 0.3) is 0 Å². The molecular weight excluding hydrogens is 164 g/mol. The number of carboxylic acid groups (broad SMARTS) is 1. The molecule has 0 radical (unpaired) electrons. The number of rotatable bonds is 4. The lowest BCUT2D eigenvalue weighted by Gasteiger charge is -2.12. The number of aliphatic carboxylic acids is 1. The van der Waals surface area contributed by atoms with E-state index in [4.69, 9.17) is 16.7 Å². The number of allylic oxidation sites excluding steroid dienone is 1. The first-order chi connectivity index (χ1) is 5.09. The molecule has 0 unspecified atom stereocenters. The molecule has 0 aliphatic heterocycles. The molecule has 0 saturated carbocycles. The summed E-state index contributed by atoms with van der Waals surface area (Å²) in [5, 5.41) is 8.69. The van der Waals surface area contributed by atoms with E-state index in [0.29, 0.717) is 6.42 Å². The number of hydrogen-bond acceptors (Lipinski definition) is 1. The van der Waals surface area contributed by atoms with Crippen LogP contribution in [0.4, 0.5) is 0 Å². The van der Waals surface area contributed by atoms with Crippen LogP contribution in [-0.4, -0.2) is 11.1 Å². The highest BCUT2D eigenvalue weighted by molar-refractivity contribution is 6.25. The van der Waals surface area contributed by atoms with Crippen LogP contribution < -0.4 is 0 Å². The lowest BCUT2D eigenvalue weighted by Crippen LogP contribution is -2.18. The summed E-state index contributed by atoms with van der Waals surface area (Å²) in [6, 6.07) is 0. The Balaban J connectivity index is 4.00. The molecule has 0 amide bonds. The molecule has 1 N–H and O–H groups in total. The Bertz CT molecular complexity index is 152. The molecule has 0 aromatic heterocycles. The first-order valence-electron chi connectivity index (χ1n) is 3.57. The zero-order chi connectivity index (χ0) is 8.85. The van der Waals surface area contributed by atoms with Crippen LogP contribution in [0.2, 0.25) is 0 Å². The fraction of sp³-hybridized carbons (Fsp3) is 0.625. The van der Waals surface area contributed by atoms with Crippen LogP contribution in [0.3, 0.4) is 0 Å². The SMILES string of the molecule is CC(C)[C@@H](C/C=C/Cl)C(=O)O. The van der Waals surface area contributed by atoms with Gasteiger partial charge in [-0.1, -0.05) is 31.5 Å². The van der Waals surface area contributed by atoms with E-state index in [1.807, 2.05) is 13.8 Å². The van der Waals surface area contributed by atoms with Crippen LogP contribution >= 0.6 is 11.6 Å². The molecule has 2 nitrogen and oxygen atoms in total. The van der Waals surface area contributed by atoms with Gasteiger partial charge in [0, 0.05) is 5.54 Å². The van der Waals surface area contributed by atoms with Crippen LogP contribution in [0.25, 0.3) is 0 Å². The average Bonchev–Trinajstić information content (AvgIpc) is 1.87. The average molecular weight is 177 g/mol. The van der Waals surface area contributed by atoms with E-state index in [1.165, 1.54) is 5.54 Å². The highest BCUT2D eigenvalue weighted by Gasteiger charge is 2.19. The maximum Gasteiger partial charge on any atom is 0.307 e. The van der Waals surface area contributed by atoms with Crippen molar-refractivity contribution in [1.82, 2.24) is 0 Å². The van der Waals surface area contributed by atoms with Crippen molar-refractivity contribution in [3.63, 3.8) is 0 Å². The van der Waals surface area contributed by atoms with Crippen molar-refractivity contribution in [3.8, 4) is 0 Å². The van der Waals surface area contributed by atoms with Crippen LogP contribution in [0, 0.1) is 11.8 Å². The normalized spacial score (nSPS) is 14.2. The van der Waals surface area contributed by atoms with E-state index in [9.17, 15) is 4.79 Å². The van der Waals surface area contributed by atoms with Gasteiger partial charge in [0.2, 0.25) is 0 Å². The molecule has 3 heteroatoms. The Labute approximate surface area is 71.9 Å². The monoisotopic (exact) mass is 176 g/mol. The molecular formula is C8H13ClO2. The van der Waals surface area contributed by atoms with Gasteiger partial charge in [0.1, 0.15) is 0 Å². The minimum absolute atomic E-state index is 0.153. The summed E-state index contributed by atoms with van der Waals surface area (Å²) in [4.78, 5) is 10.6. The Hall–Kier alpha value is -0.500. The van der Waals surface area contributed by atoms with Gasteiger partial charge >= 0.3 is 5.97 Å². The molecule has 0 aliphatic carbocycles. The molecule has 0 fully saturated rings. The standard InChI is InChI=1S/C8H13ClO2/c1-6(2)7(8(10)11)4-3-5-9/h3,5-7H,4H2,1-2H3,(H,10,11)/b5-3+/t7-/m1/s1. The molecule has 0 heterocycles. The van der Waals surface area contributed by atoms with E-state index >= 15 is 0 Å². The van der Waals surface area contributed by atoms with Crippen LogP contribution in [-0.2, 0) is 4.79 Å². The molecule has 0 aromatic carbocycles. The second-order valence-electron chi connectivity index (χ2n) is 2.79. The second kappa shape index (κ2) is 5.19. The lowest BCUT2D eigenvalue weighted by molar-refractivity contribution is -0.143. The van der Waals surface area contributed by atoms with Crippen molar-refractivity contribution in [3.05, 3.63) is 11.6 Å². The van der Waals surface area contributed by atoms with Crippen molar-refractivity contribution >= 4 is 17.6 Å². The summed E-state index contributed by atoms with van der Waals surface area (Å²) in [6.45, 7) is 3.78. The van der Waals surface area contributed by atoms with Gasteiger partial charge in [-0.3, -0.25) is 4.79 Å². The quantitative estimate of drug-likeness (QED) is 0.715. The number of hydrogen-bond donors (Lipinski definition) is 1. The van der Waals surface area contributed by atoms with Crippen LogP contribution in [0.5, 0.6) is 0 Å². The van der Waals surface area contributed by atoms with Gasteiger partial charge in [0.15, 0.2) is 0 Å². The summed E-state index contributed by atoms with van der Waals surface area (Å²) >= 11 is 5.28. The summed E-state index contributed by atoms with van der Waals surface area (Å²) in [5.74, 6) is -0.917. The third-order valence-corrected chi connectivity index (χ3v) is 1.78. The third kappa shape index (κ3) is 4.04. The molecule has 0 spiro atoms. The Morgan fingerprint density at radius 2 is 2.18 bits per heavy atom. The molecule has 0 saturated heterocycles. The predicted octanol–water partition coefficient (Wildman–Crippen LogP) is 2.49. The summed E-state index contributed by atoms with van der Waals surface area (Å²) in [7, 11) is 0. The maximum absolute atomic E-state index is 10.6. The first-order valence-corrected chi connectivity index (χ1v) is 4.01. The first kappa shape index (κ1) is 10.5. The highest BCUT2D eigenvalue weighted by atomic mass is 35.5. The fourth-order valence-corrected chi connectivity index (χ4v) is 0.959. The number of halogens is 1. The van der Waals surface area contributed by atoms with Crippen molar-refractivity contribution in [2.24, 2.45) is 11.8 Å². The lowest BCUT2D eigenvalue weighted by atomic mass is 9.93. The zero-order valence-corrected chi connectivity index (χ0v) is 7.51. The summed E-state index contributed by atoms with van der Waals surface area (Å²) in [5.41, 5.74) is 1.36. The Kier molecular flexibility index (Phi) is 4.95. The maximum atomic E-state index is 10.6. The minimum atomic E-state index is -0.755. The van der Waals surface area contributed by atoms with Gasteiger partial charge in [-0.25, -0.2) is 0 Å².